The number of aliphatic imine (C=N–C) groups is 1. The number of nitrogens with zero attached hydrogens (tertiary/aromatic N) is 5. The number of carbonyl (C=O) groups excluding carboxylic acids is 3. The molecule has 0 radical (unpaired) electrons. The van der Waals surface area contributed by atoms with Gasteiger partial charge in [0.15, 0.2) is 6.04 Å². The molecular formula is C52H59N9O5. The quantitative estimate of drug-likeness (QED) is 0.0655. The molecule has 4 atom stereocenters. The van der Waals surface area contributed by atoms with Crippen LogP contribution in [0.15, 0.2) is 108 Å². The first kappa shape index (κ1) is 44.4. The van der Waals surface area contributed by atoms with Crippen LogP contribution in [-0.4, -0.2) is 92.9 Å². The summed E-state index contributed by atoms with van der Waals surface area (Å²) in [5.41, 5.74) is 13.3. The van der Waals surface area contributed by atoms with Crippen LogP contribution >= 0.6 is 0 Å². The summed E-state index contributed by atoms with van der Waals surface area (Å²) < 4.78 is 10.3. The Morgan fingerprint density at radius 3 is 1.94 bits per heavy atom. The van der Waals surface area contributed by atoms with E-state index in [1.165, 1.54) is 7.11 Å². The number of ether oxygens (including phenoxy) is 2. The van der Waals surface area contributed by atoms with Crippen molar-refractivity contribution in [3.05, 3.63) is 121 Å². The van der Waals surface area contributed by atoms with E-state index in [2.05, 4.69) is 75.9 Å². The molecule has 0 spiro atoms. The van der Waals surface area contributed by atoms with Gasteiger partial charge in [-0.2, -0.15) is 0 Å². The molecule has 0 aliphatic carbocycles. The van der Waals surface area contributed by atoms with E-state index in [0.717, 1.165) is 113 Å². The Kier molecular flexibility index (Phi) is 13.3. The van der Waals surface area contributed by atoms with Crippen molar-refractivity contribution in [2.45, 2.75) is 83.0 Å². The molecule has 0 bridgehead atoms. The molecule has 6 aromatic rings. The van der Waals surface area contributed by atoms with Crippen molar-refractivity contribution in [1.29, 1.82) is 0 Å². The average Bonchev–Trinajstić information content (AvgIpc) is 4.20. The Bertz CT molecular complexity index is 2690. The molecule has 3 aliphatic heterocycles. The highest BCUT2D eigenvalue weighted by molar-refractivity contribution is 5.91. The number of aromatic amines is 2. The Balaban J connectivity index is 0.866. The number of aromatic nitrogens is 4. The summed E-state index contributed by atoms with van der Waals surface area (Å²) in [6.45, 7) is 6.52. The van der Waals surface area contributed by atoms with Crippen LogP contribution < -0.4 is 11.1 Å². The van der Waals surface area contributed by atoms with Crippen LogP contribution in [0.5, 0.6) is 0 Å². The predicted octanol–water partition coefficient (Wildman–Crippen LogP) is 8.91. The number of alkyl carbamates (subject to hydrolysis) is 1. The maximum Gasteiger partial charge on any atom is 0.407 e. The first-order valence-corrected chi connectivity index (χ1v) is 23.3. The minimum atomic E-state index is -0.716. The summed E-state index contributed by atoms with van der Waals surface area (Å²) in [6, 6.07) is 29.2. The van der Waals surface area contributed by atoms with E-state index in [-0.39, 0.29) is 29.8 Å². The predicted molar refractivity (Wildman–Crippen MR) is 255 cm³/mol. The smallest absolute Gasteiger partial charge is 0.407 e. The zero-order valence-electron chi connectivity index (χ0n) is 37.9. The lowest BCUT2D eigenvalue weighted by molar-refractivity contribution is -0.135. The summed E-state index contributed by atoms with van der Waals surface area (Å²) >= 11 is 0. The molecule has 4 unspecified atom stereocenters. The van der Waals surface area contributed by atoms with E-state index in [1.54, 1.807) is 0 Å². The number of nitrogens with one attached hydrogen (secondary N) is 3. The number of hydrogen-bond donors (Lipinski definition) is 4. The Morgan fingerprint density at radius 1 is 0.758 bits per heavy atom. The summed E-state index contributed by atoms with van der Waals surface area (Å²) in [7, 11) is 1.30. The molecule has 14 heteroatoms. The summed E-state index contributed by atoms with van der Waals surface area (Å²) in [4.78, 5) is 65.3. The molecule has 342 valence electrons. The van der Waals surface area contributed by atoms with Crippen molar-refractivity contribution in [3.8, 4) is 33.6 Å². The zero-order valence-corrected chi connectivity index (χ0v) is 37.9. The van der Waals surface area contributed by atoms with Crippen molar-refractivity contribution < 1.29 is 23.9 Å². The fourth-order valence-corrected chi connectivity index (χ4v) is 9.78. The SMILES string of the molecule is COC(=O)NC(C(=O)N1CCCC1c1ncc(-c2ccc3cc(-c4ccc(-c5cnc(C6CCCN6C(=O)C(N=C(N)CC6CCOCC6)c6ccccc6)[nH]5)cc4)ccc3c2)[nH]1)C(C)C. The van der Waals surface area contributed by atoms with E-state index in [0.29, 0.717) is 31.3 Å². The molecule has 66 heavy (non-hydrogen) atoms. The number of hydrogen-bond acceptors (Lipinski definition) is 8. The van der Waals surface area contributed by atoms with Gasteiger partial charge in [0.1, 0.15) is 17.7 Å². The summed E-state index contributed by atoms with van der Waals surface area (Å²) in [6.07, 6.45) is 8.96. The number of imidazole rings is 2. The standard InChI is InChI=1S/C52H59N9O5/c1-32(2)46(59-52(64)65-3)50(62)60-23-7-11-43(60)49-55-31-42(57-49)40-20-19-38-28-37(17-18-39(38)29-40)34-13-15-35(16-14-34)41-30-54-48(56-41)44-12-8-24-61(44)51(63)47(36-9-5-4-6-10-36)58-45(53)27-33-21-25-66-26-22-33/h4-6,9-10,13-20,28-33,43-44,46-47H,7-8,11-12,21-27H2,1-3H3,(H2,53,58)(H,54,56)(H,55,57)(H,59,64). The largest absolute Gasteiger partial charge is 0.453 e. The number of likely N-dealkylation sites (tertiary alicyclic amines) is 2. The number of amidine groups is 1. The van der Waals surface area contributed by atoms with Gasteiger partial charge in [0.05, 0.1) is 48.8 Å². The second kappa shape index (κ2) is 19.7. The highest BCUT2D eigenvalue weighted by atomic mass is 16.5. The van der Waals surface area contributed by atoms with Crippen LogP contribution in [0.1, 0.15) is 94.1 Å². The molecule has 4 aromatic carbocycles. The molecule has 14 nitrogen and oxygen atoms in total. The average molecular weight is 890 g/mol. The van der Waals surface area contributed by atoms with E-state index < -0.39 is 18.2 Å². The molecule has 2 aromatic heterocycles. The van der Waals surface area contributed by atoms with E-state index in [4.69, 9.17) is 30.2 Å². The zero-order chi connectivity index (χ0) is 45.7. The molecule has 5 heterocycles. The lowest BCUT2D eigenvalue weighted by atomic mass is 9.96. The Hall–Kier alpha value is -6.80. The van der Waals surface area contributed by atoms with Crippen molar-refractivity contribution in [2.75, 3.05) is 33.4 Å². The normalized spacial score (nSPS) is 19.1. The van der Waals surface area contributed by atoms with Gasteiger partial charge in [-0.15, -0.1) is 0 Å². The molecular weight excluding hydrogens is 831 g/mol. The maximum atomic E-state index is 14.4. The fraction of sp³-hybridized carbons (Fsp3) is 0.385. The summed E-state index contributed by atoms with van der Waals surface area (Å²) in [5.74, 6) is 2.13. The number of carbonyl (C=O) groups is 3. The lowest BCUT2D eigenvalue weighted by Gasteiger charge is -2.30. The van der Waals surface area contributed by atoms with Crippen LogP contribution in [-0.2, 0) is 19.1 Å². The molecule has 9 rings (SSSR count). The van der Waals surface area contributed by atoms with Gasteiger partial charge in [0.25, 0.3) is 5.91 Å². The number of H-pyrrole nitrogens is 2. The van der Waals surface area contributed by atoms with Crippen LogP contribution in [0.2, 0.25) is 0 Å². The molecule has 5 N–H and O–H groups in total. The number of nitrogens with two attached hydrogens (primary N) is 1. The molecule has 3 fully saturated rings. The monoisotopic (exact) mass is 889 g/mol. The van der Waals surface area contributed by atoms with Gasteiger partial charge in [-0.3, -0.25) is 14.6 Å². The number of rotatable bonds is 13. The second-order valence-electron chi connectivity index (χ2n) is 18.1. The van der Waals surface area contributed by atoms with Gasteiger partial charge in [-0.1, -0.05) is 92.7 Å². The van der Waals surface area contributed by atoms with Gasteiger partial charge in [0.2, 0.25) is 5.91 Å². The van der Waals surface area contributed by atoms with Crippen LogP contribution in [0.25, 0.3) is 44.4 Å². The van der Waals surface area contributed by atoms with E-state index in [9.17, 15) is 14.4 Å². The van der Waals surface area contributed by atoms with E-state index >= 15 is 0 Å². The fourth-order valence-electron chi connectivity index (χ4n) is 9.78. The van der Waals surface area contributed by atoms with Crippen molar-refractivity contribution in [2.24, 2.45) is 22.6 Å². The second-order valence-corrected chi connectivity index (χ2v) is 18.1. The van der Waals surface area contributed by atoms with Gasteiger partial charge < -0.3 is 40.3 Å². The summed E-state index contributed by atoms with van der Waals surface area (Å²) in [5, 5.41) is 4.92. The number of methoxy groups -OCH3 is 1. The Labute approximate surface area is 385 Å². The molecule has 0 saturated carbocycles. The van der Waals surface area contributed by atoms with Crippen LogP contribution in [0.4, 0.5) is 4.79 Å². The first-order chi connectivity index (χ1) is 32.1. The highest BCUT2D eigenvalue weighted by Gasteiger charge is 2.38. The van der Waals surface area contributed by atoms with Crippen molar-refractivity contribution >= 4 is 34.5 Å². The lowest BCUT2D eigenvalue weighted by Crippen LogP contribution is -2.51. The van der Waals surface area contributed by atoms with Gasteiger partial charge >= 0.3 is 6.09 Å². The van der Waals surface area contributed by atoms with Crippen LogP contribution in [0.3, 0.4) is 0 Å². The van der Waals surface area contributed by atoms with Gasteiger partial charge in [-0.25, -0.2) is 14.8 Å². The number of fused-ring (bicyclic) bond motifs is 1. The third-order valence-corrected chi connectivity index (χ3v) is 13.4. The molecule has 3 aliphatic rings. The van der Waals surface area contributed by atoms with Gasteiger partial charge in [0, 0.05) is 38.3 Å². The van der Waals surface area contributed by atoms with Crippen molar-refractivity contribution in [1.82, 2.24) is 35.1 Å². The minimum absolute atomic E-state index is 0.0585. The van der Waals surface area contributed by atoms with Crippen molar-refractivity contribution in [3.63, 3.8) is 0 Å². The topological polar surface area (TPSA) is 184 Å². The Morgan fingerprint density at radius 2 is 1.32 bits per heavy atom. The third-order valence-electron chi connectivity index (χ3n) is 13.4. The third kappa shape index (κ3) is 9.60. The first-order valence-electron chi connectivity index (χ1n) is 23.3. The molecule has 3 amide bonds. The number of benzene rings is 4. The minimum Gasteiger partial charge on any atom is -0.453 e. The van der Waals surface area contributed by atoms with Gasteiger partial charge in [-0.05, 0) is 95.5 Å². The molecule has 3 saturated heterocycles. The van der Waals surface area contributed by atoms with E-state index in [1.807, 2.05) is 66.4 Å². The number of amides is 3. The van der Waals surface area contributed by atoms with Crippen LogP contribution in [0, 0.1) is 11.8 Å². The highest BCUT2D eigenvalue weighted by Crippen LogP contribution is 2.37. The maximum absolute atomic E-state index is 14.4.